The SMILES string of the molecule is c1csc(-c2ccc(N(c3ccc(-c4cccs4)cc3)c3ccc4c(c3)C3(c5ccccc5-4)c4ccccc4-c4ccc(N(c5ccc(-c6cccs6)cc5)c5ccc(-c6cccs6)cc5)cc43)cc2)c1. The van der Waals surface area contributed by atoms with Gasteiger partial charge in [0.1, 0.15) is 0 Å². The van der Waals surface area contributed by atoms with E-state index in [4.69, 9.17) is 0 Å². The normalized spacial score (nSPS) is 12.6. The first-order valence-corrected chi connectivity index (χ1v) is 27.4. The Hall–Kier alpha value is -7.84. The first-order chi connectivity index (χ1) is 35.2. The van der Waals surface area contributed by atoms with E-state index in [0.29, 0.717) is 0 Å². The minimum absolute atomic E-state index is 0.584. The summed E-state index contributed by atoms with van der Waals surface area (Å²) in [6.07, 6.45) is 0. The molecule has 4 heterocycles. The molecule has 0 amide bonds. The molecule has 2 aliphatic rings. The van der Waals surface area contributed by atoms with Gasteiger partial charge in [-0.05, 0) is 185 Å². The van der Waals surface area contributed by atoms with E-state index in [0.717, 1.165) is 34.1 Å². The maximum absolute atomic E-state index is 2.50. The van der Waals surface area contributed by atoms with Crippen LogP contribution in [0.4, 0.5) is 34.1 Å². The zero-order chi connectivity index (χ0) is 46.9. The smallest absolute Gasteiger partial charge is 0.0727 e. The third-order valence-electron chi connectivity index (χ3n) is 14.3. The van der Waals surface area contributed by atoms with Crippen LogP contribution in [-0.2, 0) is 5.41 Å². The highest BCUT2D eigenvalue weighted by molar-refractivity contribution is 7.14. The zero-order valence-corrected chi connectivity index (χ0v) is 41.5. The van der Waals surface area contributed by atoms with Gasteiger partial charge < -0.3 is 9.80 Å². The topological polar surface area (TPSA) is 6.48 Å². The molecule has 0 saturated heterocycles. The fourth-order valence-electron chi connectivity index (χ4n) is 11.2. The van der Waals surface area contributed by atoms with Crippen LogP contribution in [-0.4, -0.2) is 0 Å². The molecule has 4 aromatic heterocycles. The van der Waals surface area contributed by atoms with E-state index < -0.39 is 5.41 Å². The lowest BCUT2D eigenvalue weighted by molar-refractivity contribution is 0.793. The van der Waals surface area contributed by atoms with Crippen molar-refractivity contribution >= 4 is 79.5 Å². The summed E-state index contributed by atoms with van der Waals surface area (Å²) in [7, 11) is 0. The van der Waals surface area contributed by atoms with Crippen LogP contribution in [0, 0.1) is 0 Å². The van der Waals surface area contributed by atoms with E-state index in [-0.39, 0.29) is 0 Å². The third kappa shape index (κ3) is 6.93. The first kappa shape index (κ1) is 42.1. The Morgan fingerprint density at radius 2 is 0.521 bits per heavy atom. The van der Waals surface area contributed by atoms with Crippen molar-refractivity contribution in [1.82, 2.24) is 0 Å². The van der Waals surface area contributed by atoms with E-state index in [1.807, 2.05) is 0 Å². The van der Waals surface area contributed by atoms with Gasteiger partial charge in [-0.2, -0.15) is 0 Å². The summed E-state index contributed by atoms with van der Waals surface area (Å²) in [5, 5.41) is 8.60. The molecule has 71 heavy (non-hydrogen) atoms. The summed E-state index contributed by atoms with van der Waals surface area (Å²) >= 11 is 7.10. The van der Waals surface area contributed by atoms with Crippen LogP contribution in [0.15, 0.2) is 252 Å². The van der Waals surface area contributed by atoms with Crippen LogP contribution in [0.3, 0.4) is 0 Å². The summed E-state index contributed by atoms with van der Waals surface area (Å²) < 4.78 is 0. The number of nitrogens with zero attached hydrogens (tertiary/aromatic N) is 2. The highest BCUT2D eigenvalue weighted by Crippen LogP contribution is 2.64. The van der Waals surface area contributed by atoms with Crippen LogP contribution >= 0.6 is 45.3 Å². The van der Waals surface area contributed by atoms with Crippen molar-refractivity contribution in [2.75, 3.05) is 9.80 Å². The van der Waals surface area contributed by atoms with Gasteiger partial charge >= 0.3 is 0 Å². The molecule has 0 atom stereocenters. The van der Waals surface area contributed by atoms with Crippen LogP contribution in [0.1, 0.15) is 22.3 Å². The average molecular weight is 979 g/mol. The molecule has 0 saturated carbocycles. The molecule has 0 radical (unpaired) electrons. The molecule has 1 spiro atoms. The molecule has 12 aromatic rings. The van der Waals surface area contributed by atoms with E-state index in [1.54, 1.807) is 45.3 Å². The van der Waals surface area contributed by atoms with E-state index in [9.17, 15) is 0 Å². The van der Waals surface area contributed by atoms with Crippen molar-refractivity contribution in [2.45, 2.75) is 5.41 Å². The van der Waals surface area contributed by atoms with Gasteiger partial charge in [-0.25, -0.2) is 0 Å². The summed E-state index contributed by atoms with van der Waals surface area (Å²) in [6, 6.07) is 86.3. The number of rotatable bonds is 10. The largest absolute Gasteiger partial charge is 0.310 e. The van der Waals surface area contributed by atoms with Crippen molar-refractivity contribution < 1.29 is 0 Å². The molecule has 336 valence electrons. The summed E-state index contributed by atoms with van der Waals surface area (Å²) in [4.78, 5) is 9.94. The van der Waals surface area contributed by atoms with Crippen LogP contribution in [0.2, 0.25) is 0 Å². The van der Waals surface area contributed by atoms with Crippen LogP contribution < -0.4 is 9.80 Å². The van der Waals surface area contributed by atoms with Crippen LogP contribution in [0.5, 0.6) is 0 Å². The Kier molecular flexibility index (Phi) is 10.2. The van der Waals surface area contributed by atoms with Crippen molar-refractivity contribution in [3.8, 4) is 64.0 Å². The fraction of sp³-hybridized carbons (Fsp3) is 0.0154. The molecule has 0 bridgehead atoms. The maximum Gasteiger partial charge on any atom is 0.0727 e. The van der Waals surface area contributed by atoms with Crippen molar-refractivity contribution in [3.05, 3.63) is 274 Å². The summed E-state index contributed by atoms with van der Waals surface area (Å²) in [5.41, 5.74) is 21.3. The maximum atomic E-state index is 2.50. The van der Waals surface area contributed by atoms with Gasteiger partial charge in [-0.3, -0.25) is 0 Å². The second-order valence-electron chi connectivity index (χ2n) is 18.1. The first-order valence-electron chi connectivity index (χ1n) is 23.8. The number of fused-ring (bicyclic) bond motifs is 10. The van der Waals surface area contributed by atoms with Gasteiger partial charge in [0.05, 0.1) is 5.41 Å². The Labute approximate surface area is 429 Å². The molecule has 0 unspecified atom stereocenters. The average Bonchev–Trinajstić information content (AvgIpc) is 4.32. The minimum atomic E-state index is -0.584. The van der Waals surface area contributed by atoms with Crippen LogP contribution in [0.25, 0.3) is 64.0 Å². The molecular formula is C65H42N2S4. The molecule has 0 N–H and O–H groups in total. The predicted octanol–water partition coefficient (Wildman–Crippen LogP) is 19.9. The number of anilines is 6. The minimum Gasteiger partial charge on any atom is -0.310 e. The predicted molar refractivity (Wildman–Crippen MR) is 305 cm³/mol. The van der Waals surface area contributed by atoms with Gasteiger partial charge in [0.25, 0.3) is 0 Å². The molecule has 8 aromatic carbocycles. The molecular weight excluding hydrogens is 937 g/mol. The molecule has 0 aliphatic heterocycles. The lowest BCUT2D eigenvalue weighted by atomic mass is 9.70. The highest BCUT2D eigenvalue weighted by atomic mass is 32.1. The van der Waals surface area contributed by atoms with Gasteiger partial charge in [0.2, 0.25) is 0 Å². The second-order valence-corrected chi connectivity index (χ2v) is 21.9. The standard InChI is InChI=1S/C65H42N2S4/c1-3-11-57-53(9-1)55-35-33-51(66(47-25-17-43(18-26-47)61-13-5-37-68-61)48-27-19-44(20-28-48)62-14-6-38-69-62)41-59(55)65(57)58-12-4-2-10-54(58)56-36-34-52(42-60(56)65)67(49-29-21-45(22-30-49)63-15-7-39-70-63)50-31-23-46(24-32-50)64-16-8-40-71-64/h1-42H. The highest BCUT2D eigenvalue weighted by Gasteiger charge is 2.52. The van der Waals surface area contributed by atoms with E-state index >= 15 is 0 Å². The quantitative estimate of drug-likeness (QED) is 0.135. The van der Waals surface area contributed by atoms with Gasteiger partial charge in [0.15, 0.2) is 0 Å². The Morgan fingerprint density at radius 1 is 0.239 bits per heavy atom. The molecule has 2 nitrogen and oxygen atoms in total. The van der Waals surface area contributed by atoms with Crippen molar-refractivity contribution in [3.63, 3.8) is 0 Å². The monoisotopic (exact) mass is 978 g/mol. The third-order valence-corrected chi connectivity index (χ3v) is 18.0. The summed E-state index contributed by atoms with van der Waals surface area (Å²) in [6.45, 7) is 0. The number of thiophene rings is 4. The number of hydrogen-bond acceptors (Lipinski definition) is 6. The lowest BCUT2D eigenvalue weighted by Gasteiger charge is -2.33. The van der Waals surface area contributed by atoms with E-state index in [2.05, 4.69) is 262 Å². The number of benzene rings is 8. The van der Waals surface area contributed by atoms with E-state index in [1.165, 1.54) is 86.3 Å². The Bertz CT molecular complexity index is 3420. The van der Waals surface area contributed by atoms with Gasteiger partial charge in [-0.15, -0.1) is 45.3 Å². The van der Waals surface area contributed by atoms with Crippen molar-refractivity contribution in [1.29, 1.82) is 0 Å². The molecule has 0 fully saturated rings. The van der Waals surface area contributed by atoms with Gasteiger partial charge in [0, 0.05) is 53.6 Å². The molecule has 14 rings (SSSR count). The summed E-state index contributed by atoms with van der Waals surface area (Å²) in [5.74, 6) is 0. The molecule has 2 aliphatic carbocycles. The Morgan fingerprint density at radius 3 is 0.817 bits per heavy atom. The second kappa shape index (κ2) is 17.2. The number of hydrogen-bond donors (Lipinski definition) is 0. The fourth-order valence-corrected chi connectivity index (χ4v) is 14.1. The molecule has 6 heteroatoms. The van der Waals surface area contributed by atoms with Crippen molar-refractivity contribution in [2.24, 2.45) is 0 Å². The lowest BCUT2D eigenvalue weighted by Crippen LogP contribution is -2.26. The van der Waals surface area contributed by atoms with Gasteiger partial charge in [-0.1, -0.05) is 133 Å². The zero-order valence-electron chi connectivity index (χ0n) is 38.3. The Balaban J connectivity index is 0.963.